The molecule has 88 valence electrons. The number of hydrogen-bond donors (Lipinski definition) is 2. The Morgan fingerprint density at radius 3 is 2.41 bits per heavy atom. The first kappa shape index (κ1) is 12.2. The fraction of sp³-hybridized carbons (Fsp3) is 0.0769. The number of aryl methyl sites for hydroxylation is 1. The molecule has 0 atom stereocenters. The molecule has 0 aliphatic carbocycles. The van der Waals surface area contributed by atoms with E-state index in [0.29, 0.717) is 5.75 Å². The second kappa shape index (κ2) is 5.37. The molecule has 17 heavy (non-hydrogen) atoms. The standard InChI is InChI=1S/C13H13IN2O/c1-9-8-10(14)2-7-13(9)16-11-3-5-12(17-15)6-4-11/h2-8,16H,15H2,1H3. The van der Waals surface area contributed by atoms with E-state index in [9.17, 15) is 0 Å². The molecule has 0 unspecified atom stereocenters. The molecule has 2 aromatic rings. The molecular weight excluding hydrogens is 327 g/mol. The number of hydrogen-bond acceptors (Lipinski definition) is 3. The van der Waals surface area contributed by atoms with Crippen LogP contribution in [0.4, 0.5) is 11.4 Å². The van der Waals surface area contributed by atoms with E-state index in [0.717, 1.165) is 11.4 Å². The Hall–Kier alpha value is -1.27. The number of nitrogens with one attached hydrogen (secondary N) is 1. The van der Waals surface area contributed by atoms with Gasteiger partial charge in [0.15, 0.2) is 0 Å². The van der Waals surface area contributed by atoms with Gasteiger partial charge in [0.2, 0.25) is 0 Å². The predicted molar refractivity (Wildman–Crippen MR) is 78.4 cm³/mol. The van der Waals surface area contributed by atoms with Crippen molar-refractivity contribution in [1.29, 1.82) is 0 Å². The quantitative estimate of drug-likeness (QED) is 0.663. The topological polar surface area (TPSA) is 47.3 Å². The maximum atomic E-state index is 5.07. The monoisotopic (exact) mass is 340 g/mol. The van der Waals surface area contributed by atoms with Crippen molar-refractivity contribution in [3.05, 3.63) is 51.6 Å². The van der Waals surface area contributed by atoms with Crippen molar-refractivity contribution in [3.63, 3.8) is 0 Å². The molecule has 0 heterocycles. The van der Waals surface area contributed by atoms with Gasteiger partial charge in [-0.05, 0) is 77.5 Å². The van der Waals surface area contributed by atoms with Crippen molar-refractivity contribution in [2.24, 2.45) is 5.90 Å². The highest BCUT2D eigenvalue weighted by Crippen LogP contribution is 2.23. The third-order valence-corrected chi connectivity index (χ3v) is 3.13. The van der Waals surface area contributed by atoms with Crippen LogP contribution in [0, 0.1) is 10.5 Å². The molecule has 3 N–H and O–H groups in total. The SMILES string of the molecule is Cc1cc(I)ccc1Nc1ccc(ON)cc1. The summed E-state index contributed by atoms with van der Waals surface area (Å²) in [7, 11) is 0. The average Bonchev–Trinajstić information content (AvgIpc) is 2.34. The molecule has 3 nitrogen and oxygen atoms in total. The smallest absolute Gasteiger partial charge is 0.146 e. The summed E-state index contributed by atoms with van der Waals surface area (Å²) in [5.41, 5.74) is 3.33. The van der Waals surface area contributed by atoms with Crippen LogP contribution in [0.2, 0.25) is 0 Å². The van der Waals surface area contributed by atoms with Crippen molar-refractivity contribution in [3.8, 4) is 5.75 Å². The Bertz CT molecular complexity index is 511. The first-order chi connectivity index (χ1) is 8.19. The van der Waals surface area contributed by atoms with Gasteiger partial charge in [-0.25, -0.2) is 0 Å². The number of benzene rings is 2. The second-order valence-electron chi connectivity index (χ2n) is 3.73. The van der Waals surface area contributed by atoms with Gasteiger partial charge in [-0.15, -0.1) is 0 Å². The fourth-order valence-electron chi connectivity index (χ4n) is 1.54. The van der Waals surface area contributed by atoms with Gasteiger partial charge in [0, 0.05) is 14.9 Å². The van der Waals surface area contributed by atoms with E-state index in [1.54, 1.807) is 0 Å². The van der Waals surface area contributed by atoms with Crippen LogP contribution in [0.3, 0.4) is 0 Å². The summed E-state index contributed by atoms with van der Waals surface area (Å²) in [6.07, 6.45) is 0. The van der Waals surface area contributed by atoms with Crippen LogP contribution in [-0.4, -0.2) is 0 Å². The van der Waals surface area contributed by atoms with Crippen molar-refractivity contribution in [1.82, 2.24) is 0 Å². The number of anilines is 2. The van der Waals surface area contributed by atoms with Crippen molar-refractivity contribution in [2.75, 3.05) is 5.32 Å². The van der Waals surface area contributed by atoms with Gasteiger partial charge in [-0.3, -0.25) is 0 Å². The summed E-state index contributed by atoms with van der Waals surface area (Å²) in [4.78, 5) is 4.63. The molecule has 0 aromatic heterocycles. The number of nitrogens with two attached hydrogens (primary N) is 1. The van der Waals surface area contributed by atoms with Crippen molar-refractivity contribution in [2.45, 2.75) is 6.92 Å². The average molecular weight is 340 g/mol. The van der Waals surface area contributed by atoms with Crippen LogP contribution in [0.25, 0.3) is 0 Å². The molecule has 0 fully saturated rings. The Kier molecular flexibility index (Phi) is 3.86. The summed E-state index contributed by atoms with van der Waals surface area (Å²) in [5.74, 6) is 5.72. The minimum atomic E-state index is 0.648. The summed E-state index contributed by atoms with van der Waals surface area (Å²) >= 11 is 2.30. The third-order valence-electron chi connectivity index (χ3n) is 2.46. The van der Waals surface area contributed by atoms with Crippen molar-refractivity contribution >= 4 is 34.0 Å². The summed E-state index contributed by atoms with van der Waals surface area (Å²) < 4.78 is 1.23. The lowest BCUT2D eigenvalue weighted by Crippen LogP contribution is -2.01. The fourth-order valence-corrected chi connectivity index (χ4v) is 2.19. The first-order valence-electron chi connectivity index (χ1n) is 5.19. The highest BCUT2D eigenvalue weighted by Gasteiger charge is 2.00. The van der Waals surface area contributed by atoms with Crippen molar-refractivity contribution < 1.29 is 4.84 Å². The van der Waals surface area contributed by atoms with E-state index < -0.39 is 0 Å². The van der Waals surface area contributed by atoms with Gasteiger partial charge in [-0.1, -0.05) is 0 Å². The van der Waals surface area contributed by atoms with E-state index in [1.165, 1.54) is 9.13 Å². The van der Waals surface area contributed by atoms with Crippen LogP contribution in [-0.2, 0) is 0 Å². The van der Waals surface area contributed by atoms with E-state index in [2.05, 4.69) is 57.9 Å². The zero-order valence-electron chi connectivity index (χ0n) is 9.41. The zero-order chi connectivity index (χ0) is 12.3. The summed E-state index contributed by atoms with van der Waals surface area (Å²) in [5, 5.41) is 3.35. The molecule has 0 aliphatic rings. The van der Waals surface area contributed by atoms with E-state index in [-0.39, 0.29) is 0 Å². The van der Waals surface area contributed by atoms with Crippen LogP contribution >= 0.6 is 22.6 Å². The molecule has 4 heteroatoms. The largest absolute Gasteiger partial charge is 0.412 e. The van der Waals surface area contributed by atoms with E-state index in [4.69, 9.17) is 5.90 Å². The van der Waals surface area contributed by atoms with E-state index in [1.807, 2.05) is 24.3 Å². The predicted octanol–water partition coefficient (Wildman–Crippen LogP) is 3.60. The van der Waals surface area contributed by atoms with E-state index >= 15 is 0 Å². The lowest BCUT2D eigenvalue weighted by Gasteiger charge is -2.10. The van der Waals surface area contributed by atoms with Crippen LogP contribution < -0.4 is 16.1 Å². The molecule has 0 bridgehead atoms. The maximum Gasteiger partial charge on any atom is 0.146 e. The Morgan fingerprint density at radius 2 is 1.82 bits per heavy atom. The minimum Gasteiger partial charge on any atom is -0.412 e. The molecule has 0 spiro atoms. The lowest BCUT2D eigenvalue weighted by atomic mass is 10.2. The molecule has 0 aliphatic heterocycles. The van der Waals surface area contributed by atoms with Gasteiger partial charge in [0.1, 0.15) is 5.75 Å². The molecule has 0 amide bonds. The van der Waals surface area contributed by atoms with Gasteiger partial charge >= 0.3 is 0 Å². The number of rotatable bonds is 3. The van der Waals surface area contributed by atoms with Crippen LogP contribution in [0.5, 0.6) is 5.75 Å². The zero-order valence-corrected chi connectivity index (χ0v) is 11.6. The van der Waals surface area contributed by atoms with Gasteiger partial charge in [-0.2, -0.15) is 5.90 Å². The molecule has 0 saturated carbocycles. The van der Waals surface area contributed by atoms with Gasteiger partial charge < -0.3 is 10.2 Å². The van der Waals surface area contributed by atoms with Gasteiger partial charge in [0.25, 0.3) is 0 Å². The third kappa shape index (κ3) is 3.10. The molecule has 0 radical (unpaired) electrons. The summed E-state index contributed by atoms with van der Waals surface area (Å²) in [6, 6.07) is 13.8. The molecule has 0 saturated heterocycles. The first-order valence-corrected chi connectivity index (χ1v) is 6.27. The molecular formula is C13H13IN2O. The molecule has 2 rings (SSSR count). The Morgan fingerprint density at radius 1 is 1.12 bits per heavy atom. The number of halogens is 1. The highest BCUT2D eigenvalue weighted by atomic mass is 127. The highest BCUT2D eigenvalue weighted by molar-refractivity contribution is 14.1. The summed E-state index contributed by atoms with van der Waals surface area (Å²) in [6.45, 7) is 2.09. The Labute approximate surface area is 114 Å². The Balaban J connectivity index is 2.19. The van der Waals surface area contributed by atoms with Gasteiger partial charge in [0.05, 0.1) is 0 Å². The minimum absolute atomic E-state index is 0.648. The molecule has 2 aromatic carbocycles. The van der Waals surface area contributed by atoms with Crippen LogP contribution in [0.1, 0.15) is 5.56 Å². The maximum absolute atomic E-state index is 5.07. The van der Waals surface area contributed by atoms with Crippen LogP contribution in [0.15, 0.2) is 42.5 Å². The lowest BCUT2D eigenvalue weighted by molar-refractivity contribution is 0.334. The second-order valence-corrected chi connectivity index (χ2v) is 4.97. The normalized spacial score (nSPS) is 10.1.